The van der Waals surface area contributed by atoms with Gasteiger partial charge in [-0.3, -0.25) is 9.69 Å². The van der Waals surface area contributed by atoms with E-state index in [1.807, 2.05) is 6.07 Å². The fourth-order valence-corrected chi connectivity index (χ4v) is 3.56. The van der Waals surface area contributed by atoms with Gasteiger partial charge in [-0.2, -0.15) is 0 Å². The zero-order valence-corrected chi connectivity index (χ0v) is 13.7. The molecule has 2 heterocycles. The topological polar surface area (TPSA) is 67.6 Å². The van der Waals surface area contributed by atoms with Crippen LogP contribution >= 0.6 is 0 Å². The fraction of sp³-hybridized carbons (Fsp3) is 0.611. The first-order valence-corrected chi connectivity index (χ1v) is 8.57. The minimum Gasteiger partial charge on any atom is -0.381 e. The molecule has 0 bridgehead atoms. The highest BCUT2D eigenvalue weighted by Gasteiger charge is 2.40. The molecule has 3 rings (SSSR count). The lowest BCUT2D eigenvalue weighted by molar-refractivity contribution is -0.136. The van der Waals surface area contributed by atoms with Gasteiger partial charge in [0.05, 0.1) is 5.41 Å². The normalized spacial score (nSPS) is 24.5. The number of rotatable bonds is 5. The van der Waals surface area contributed by atoms with E-state index >= 15 is 0 Å². The second kappa shape index (κ2) is 7.43. The maximum atomic E-state index is 12.7. The Kier molecular flexibility index (Phi) is 5.30. The van der Waals surface area contributed by atoms with E-state index in [0.717, 1.165) is 38.9 Å². The Morgan fingerprint density at radius 2 is 2.04 bits per heavy atom. The van der Waals surface area contributed by atoms with Crippen molar-refractivity contribution in [3.8, 4) is 0 Å². The molecule has 1 amide bonds. The van der Waals surface area contributed by atoms with Gasteiger partial charge in [0.1, 0.15) is 0 Å². The van der Waals surface area contributed by atoms with E-state index < -0.39 is 5.41 Å². The smallest absolute Gasteiger partial charge is 0.227 e. The molecule has 0 aliphatic carbocycles. The number of hydrogen-bond acceptors (Lipinski definition) is 4. The Balaban J connectivity index is 1.52. The minimum atomic E-state index is -0.425. The van der Waals surface area contributed by atoms with Crippen LogP contribution in [0.2, 0.25) is 0 Å². The van der Waals surface area contributed by atoms with Crippen molar-refractivity contribution >= 4 is 5.91 Å². The molecule has 126 valence electrons. The third kappa shape index (κ3) is 3.91. The van der Waals surface area contributed by atoms with Crippen molar-refractivity contribution in [1.29, 1.82) is 0 Å². The number of nitrogens with two attached hydrogens (primary N) is 1. The Labute approximate surface area is 138 Å². The number of hydrogen-bond donors (Lipinski definition) is 2. The molecule has 2 saturated heterocycles. The lowest BCUT2D eigenvalue weighted by Gasteiger charge is -2.35. The van der Waals surface area contributed by atoms with Crippen LogP contribution in [-0.4, -0.2) is 49.7 Å². The molecule has 0 aromatic heterocycles. The number of likely N-dealkylation sites (tertiary alicyclic amines) is 1. The van der Waals surface area contributed by atoms with Crippen LogP contribution < -0.4 is 11.1 Å². The Bertz CT molecular complexity index is 514. The highest BCUT2D eigenvalue weighted by molar-refractivity contribution is 5.83. The zero-order chi connectivity index (χ0) is 16.1. The summed E-state index contributed by atoms with van der Waals surface area (Å²) in [6.07, 6.45) is 2.47. The van der Waals surface area contributed by atoms with Crippen LogP contribution in [0.4, 0.5) is 0 Å². The first-order chi connectivity index (χ1) is 11.2. The third-order valence-electron chi connectivity index (χ3n) is 5.18. The van der Waals surface area contributed by atoms with E-state index in [2.05, 4.69) is 34.5 Å². The summed E-state index contributed by atoms with van der Waals surface area (Å²) in [4.78, 5) is 15.1. The summed E-state index contributed by atoms with van der Waals surface area (Å²) in [6, 6.07) is 10.7. The molecule has 1 unspecified atom stereocenters. The summed E-state index contributed by atoms with van der Waals surface area (Å²) in [6.45, 7) is 4.56. The van der Waals surface area contributed by atoms with Gasteiger partial charge >= 0.3 is 0 Å². The van der Waals surface area contributed by atoms with Gasteiger partial charge in [-0.05, 0) is 24.8 Å². The van der Waals surface area contributed by atoms with Gasteiger partial charge in [0.25, 0.3) is 0 Å². The van der Waals surface area contributed by atoms with Crippen LogP contribution in [0.1, 0.15) is 24.8 Å². The molecule has 5 nitrogen and oxygen atoms in total. The first-order valence-electron chi connectivity index (χ1n) is 8.57. The first kappa shape index (κ1) is 16.4. The summed E-state index contributed by atoms with van der Waals surface area (Å²) in [5, 5.41) is 3.24. The Morgan fingerprint density at radius 1 is 1.30 bits per heavy atom. The molecule has 2 fully saturated rings. The minimum absolute atomic E-state index is 0.120. The molecule has 0 saturated carbocycles. The van der Waals surface area contributed by atoms with E-state index in [-0.39, 0.29) is 11.9 Å². The molecule has 3 N–H and O–H groups in total. The van der Waals surface area contributed by atoms with Gasteiger partial charge in [0.15, 0.2) is 0 Å². The molecular formula is C18H27N3O2. The van der Waals surface area contributed by atoms with Gasteiger partial charge in [0, 0.05) is 45.4 Å². The number of nitrogens with one attached hydrogen (secondary N) is 1. The number of carbonyl (C=O) groups excluding carboxylic acids is 1. The molecule has 23 heavy (non-hydrogen) atoms. The predicted molar refractivity (Wildman–Crippen MR) is 89.8 cm³/mol. The molecule has 1 aromatic carbocycles. The number of ether oxygens (including phenoxy) is 1. The summed E-state index contributed by atoms with van der Waals surface area (Å²) in [7, 11) is 0. The molecule has 0 spiro atoms. The standard InChI is InChI=1S/C18H27N3O2/c19-14-18(7-10-23-11-8-18)17(22)20-16-6-9-21(13-16)12-15-4-2-1-3-5-15/h1-5,16H,6-14,19H2,(H,20,22). The molecule has 0 radical (unpaired) electrons. The maximum Gasteiger partial charge on any atom is 0.227 e. The third-order valence-corrected chi connectivity index (χ3v) is 5.18. The average Bonchev–Trinajstić information content (AvgIpc) is 3.03. The number of carbonyl (C=O) groups is 1. The summed E-state index contributed by atoms with van der Waals surface area (Å²) < 4.78 is 5.39. The van der Waals surface area contributed by atoms with E-state index in [1.54, 1.807) is 0 Å². The molecule has 2 aliphatic heterocycles. The predicted octanol–water partition coefficient (Wildman–Crippen LogP) is 1.13. The van der Waals surface area contributed by atoms with Crippen molar-refractivity contribution in [2.24, 2.45) is 11.1 Å². The van der Waals surface area contributed by atoms with Gasteiger partial charge in [0.2, 0.25) is 5.91 Å². The zero-order valence-electron chi connectivity index (χ0n) is 13.7. The molecule has 1 aromatic rings. The second-order valence-electron chi connectivity index (χ2n) is 6.78. The van der Waals surface area contributed by atoms with Crippen LogP contribution in [0.5, 0.6) is 0 Å². The van der Waals surface area contributed by atoms with E-state index in [4.69, 9.17) is 10.5 Å². The van der Waals surface area contributed by atoms with Gasteiger partial charge in [-0.1, -0.05) is 30.3 Å². The van der Waals surface area contributed by atoms with Crippen molar-refractivity contribution < 1.29 is 9.53 Å². The van der Waals surface area contributed by atoms with E-state index in [1.165, 1.54) is 5.56 Å². The number of nitrogens with zero attached hydrogens (tertiary/aromatic N) is 1. The van der Waals surface area contributed by atoms with Crippen molar-refractivity contribution in [3.63, 3.8) is 0 Å². The van der Waals surface area contributed by atoms with Crippen LogP contribution in [0.15, 0.2) is 30.3 Å². The quantitative estimate of drug-likeness (QED) is 0.854. The monoisotopic (exact) mass is 317 g/mol. The van der Waals surface area contributed by atoms with Crippen molar-refractivity contribution in [1.82, 2.24) is 10.2 Å². The fourth-order valence-electron chi connectivity index (χ4n) is 3.56. The van der Waals surface area contributed by atoms with Gasteiger partial charge in [-0.25, -0.2) is 0 Å². The molecule has 5 heteroatoms. The maximum absolute atomic E-state index is 12.7. The van der Waals surface area contributed by atoms with Crippen LogP contribution in [0.25, 0.3) is 0 Å². The largest absolute Gasteiger partial charge is 0.381 e. The van der Waals surface area contributed by atoms with Crippen molar-refractivity contribution in [2.75, 3.05) is 32.8 Å². The van der Waals surface area contributed by atoms with Gasteiger partial charge < -0.3 is 15.8 Å². The highest BCUT2D eigenvalue weighted by Crippen LogP contribution is 2.30. The van der Waals surface area contributed by atoms with Crippen molar-refractivity contribution in [2.45, 2.75) is 31.8 Å². The second-order valence-corrected chi connectivity index (χ2v) is 6.78. The average molecular weight is 317 g/mol. The SMILES string of the molecule is NCC1(C(=O)NC2CCN(Cc3ccccc3)C2)CCOCC1. The lowest BCUT2D eigenvalue weighted by atomic mass is 9.79. The Hall–Kier alpha value is -1.43. The van der Waals surface area contributed by atoms with Gasteiger partial charge in [-0.15, -0.1) is 0 Å². The van der Waals surface area contributed by atoms with E-state index in [9.17, 15) is 4.79 Å². The number of benzene rings is 1. The number of amides is 1. The summed E-state index contributed by atoms with van der Waals surface area (Å²) in [5.41, 5.74) is 6.81. The summed E-state index contributed by atoms with van der Waals surface area (Å²) >= 11 is 0. The van der Waals surface area contributed by atoms with Crippen LogP contribution in [0, 0.1) is 5.41 Å². The van der Waals surface area contributed by atoms with Crippen molar-refractivity contribution in [3.05, 3.63) is 35.9 Å². The summed E-state index contributed by atoms with van der Waals surface area (Å²) in [5.74, 6) is 0.120. The van der Waals surface area contributed by atoms with E-state index in [0.29, 0.717) is 19.8 Å². The molecular weight excluding hydrogens is 290 g/mol. The van der Waals surface area contributed by atoms with Crippen LogP contribution in [0.3, 0.4) is 0 Å². The Morgan fingerprint density at radius 3 is 2.74 bits per heavy atom. The molecule has 2 aliphatic rings. The highest BCUT2D eigenvalue weighted by atomic mass is 16.5. The lowest BCUT2D eigenvalue weighted by Crippen LogP contribution is -2.52. The van der Waals surface area contributed by atoms with Crippen LogP contribution in [-0.2, 0) is 16.1 Å². The molecule has 1 atom stereocenters.